The highest BCUT2D eigenvalue weighted by Crippen LogP contribution is 2.24. The molecule has 26 heavy (non-hydrogen) atoms. The van der Waals surface area contributed by atoms with Crippen molar-refractivity contribution in [3.05, 3.63) is 29.3 Å². The van der Waals surface area contributed by atoms with Gasteiger partial charge in [-0.1, -0.05) is 6.07 Å². The third-order valence-electron chi connectivity index (χ3n) is 4.98. The Kier molecular flexibility index (Phi) is 7.46. The lowest BCUT2D eigenvalue weighted by molar-refractivity contribution is -0.132. The van der Waals surface area contributed by atoms with E-state index in [0.29, 0.717) is 18.0 Å². The predicted molar refractivity (Wildman–Crippen MR) is 104 cm³/mol. The van der Waals surface area contributed by atoms with E-state index in [9.17, 15) is 13.2 Å². The number of nitrogens with one attached hydrogen (secondary N) is 2. The van der Waals surface area contributed by atoms with Gasteiger partial charge in [0, 0.05) is 38.6 Å². The van der Waals surface area contributed by atoms with Gasteiger partial charge in [0.2, 0.25) is 15.9 Å². The summed E-state index contributed by atoms with van der Waals surface area (Å²) in [5.74, 6) is 0.00138. The maximum Gasteiger partial charge on any atom is 0.240 e. The van der Waals surface area contributed by atoms with Crippen LogP contribution in [0.5, 0.6) is 0 Å². The molecule has 3 rings (SSSR count). The summed E-state index contributed by atoms with van der Waals surface area (Å²) in [5.41, 5.74) is 2.40. The monoisotopic (exact) mass is 401 g/mol. The number of aryl methyl sites for hydroxylation is 2. The number of piperazine rings is 1. The highest BCUT2D eigenvalue weighted by Gasteiger charge is 2.21. The van der Waals surface area contributed by atoms with Crippen molar-refractivity contribution in [1.82, 2.24) is 14.9 Å². The first kappa shape index (κ1) is 21.2. The van der Waals surface area contributed by atoms with Crippen LogP contribution in [-0.4, -0.2) is 51.4 Å². The van der Waals surface area contributed by atoms with Gasteiger partial charge in [-0.15, -0.1) is 12.4 Å². The van der Waals surface area contributed by atoms with Crippen LogP contribution in [0, 0.1) is 0 Å². The molecule has 1 amide bonds. The summed E-state index contributed by atoms with van der Waals surface area (Å²) in [4.78, 5) is 14.3. The molecule has 1 heterocycles. The smallest absolute Gasteiger partial charge is 0.240 e. The van der Waals surface area contributed by atoms with Crippen LogP contribution >= 0.6 is 12.4 Å². The maximum atomic E-state index is 12.5. The summed E-state index contributed by atoms with van der Waals surface area (Å²) < 4.78 is 27.5. The first-order valence-electron chi connectivity index (χ1n) is 9.08. The lowest BCUT2D eigenvalue weighted by Gasteiger charge is -2.32. The Labute approximate surface area is 162 Å². The van der Waals surface area contributed by atoms with Gasteiger partial charge in [0.1, 0.15) is 0 Å². The molecule has 8 heteroatoms. The molecule has 6 nitrogen and oxygen atoms in total. The van der Waals surface area contributed by atoms with Gasteiger partial charge >= 0.3 is 0 Å². The van der Waals surface area contributed by atoms with E-state index >= 15 is 0 Å². The van der Waals surface area contributed by atoms with Crippen LogP contribution in [0.3, 0.4) is 0 Å². The van der Waals surface area contributed by atoms with Gasteiger partial charge in [-0.25, -0.2) is 13.1 Å². The minimum atomic E-state index is -3.56. The lowest BCUT2D eigenvalue weighted by Crippen LogP contribution is -2.51. The number of rotatable bonds is 5. The van der Waals surface area contributed by atoms with Crippen molar-refractivity contribution in [1.29, 1.82) is 0 Å². The van der Waals surface area contributed by atoms with E-state index in [-0.39, 0.29) is 37.3 Å². The van der Waals surface area contributed by atoms with Gasteiger partial charge < -0.3 is 10.2 Å². The van der Waals surface area contributed by atoms with Gasteiger partial charge in [-0.2, -0.15) is 0 Å². The quantitative estimate of drug-likeness (QED) is 0.783. The van der Waals surface area contributed by atoms with Crippen molar-refractivity contribution >= 4 is 28.3 Å². The summed E-state index contributed by atoms with van der Waals surface area (Å²) in [7, 11) is -3.56. The molecule has 0 spiro atoms. The predicted octanol–water partition coefficient (Wildman–Crippen LogP) is 1.48. The molecule has 2 aliphatic rings. The Hall–Kier alpha value is -1.15. The number of halogens is 1. The molecule has 0 saturated carbocycles. The van der Waals surface area contributed by atoms with E-state index in [4.69, 9.17) is 0 Å². The lowest BCUT2D eigenvalue weighted by atomic mass is 9.92. The summed E-state index contributed by atoms with van der Waals surface area (Å²) in [6.45, 7) is 4.32. The standard InChI is InChI=1S/C18H27N3O3S.ClH/c1-14-13-21(11-10-19-14)18(22)8-9-20-25(23,24)17-7-6-15-4-2-3-5-16(15)12-17;/h6-7,12,14,19-20H,2-5,8-11,13H2,1H3;1H. The minimum Gasteiger partial charge on any atom is -0.340 e. The number of hydrogen-bond donors (Lipinski definition) is 2. The Morgan fingerprint density at radius 3 is 2.73 bits per heavy atom. The highest BCUT2D eigenvalue weighted by molar-refractivity contribution is 7.89. The average molecular weight is 402 g/mol. The summed E-state index contributed by atoms with van der Waals surface area (Å²) in [6.07, 6.45) is 4.45. The molecule has 1 aliphatic carbocycles. The number of sulfonamides is 1. The van der Waals surface area contributed by atoms with Crippen LogP contribution in [0.25, 0.3) is 0 Å². The molecule has 1 saturated heterocycles. The number of fused-ring (bicyclic) bond motifs is 1. The molecule has 1 unspecified atom stereocenters. The Balaban J connectivity index is 0.00000243. The molecule has 1 fully saturated rings. The molecule has 1 atom stereocenters. The van der Waals surface area contributed by atoms with E-state index in [1.165, 1.54) is 12.0 Å². The molecule has 0 aromatic heterocycles. The molecule has 2 N–H and O–H groups in total. The van der Waals surface area contributed by atoms with Gasteiger partial charge in [-0.3, -0.25) is 4.79 Å². The van der Waals surface area contributed by atoms with Crippen molar-refractivity contribution in [2.24, 2.45) is 0 Å². The van der Waals surface area contributed by atoms with Gasteiger partial charge in [0.25, 0.3) is 0 Å². The fraction of sp³-hybridized carbons (Fsp3) is 0.611. The van der Waals surface area contributed by atoms with Crippen LogP contribution in [0.2, 0.25) is 0 Å². The average Bonchev–Trinajstić information content (AvgIpc) is 2.61. The van der Waals surface area contributed by atoms with Crippen molar-refractivity contribution in [2.45, 2.75) is 50.0 Å². The van der Waals surface area contributed by atoms with Crippen LogP contribution in [0.15, 0.2) is 23.1 Å². The Bertz CT molecular complexity index is 739. The zero-order chi connectivity index (χ0) is 17.9. The fourth-order valence-electron chi connectivity index (χ4n) is 3.57. The Morgan fingerprint density at radius 2 is 2.00 bits per heavy atom. The van der Waals surface area contributed by atoms with E-state index in [1.807, 2.05) is 13.0 Å². The van der Waals surface area contributed by atoms with Crippen LogP contribution in [-0.2, 0) is 27.7 Å². The second-order valence-electron chi connectivity index (χ2n) is 6.98. The molecule has 1 aliphatic heterocycles. The molecule has 1 aromatic carbocycles. The third kappa shape index (κ3) is 5.19. The van der Waals surface area contributed by atoms with E-state index in [2.05, 4.69) is 10.0 Å². The number of carbonyl (C=O) groups is 1. The van der Waals surface area contributed by atoms with Crippen molar-refractivity contribution in [3.8, 4) is 0 Å². The highest BCUT2D eigenvalue weighted by atomic mass is 35.5. The van der Waals surface area contributed by atoms with Gasteiger partial charge in [0.15, 0.2) is 0 Å². The zero-order valence-electron chi connectivity index (χ0n) is 15.2. The van der Waals surface area contributed by atoms with Crippen LogP contribution in [0.4, 0.5) is 0 Å². The van der Waals surface area contributed by atoms with Crippen molar-refractivity contribution < 1.29 is 13.2 Å². The normalized spacial score (nSPS) is 20.2. The van der Waals surface area contributed by atoms with Crippen molar-refractivity contribution in [2.75, 3.05) is 26.2 Å². The van der Waals surface area contributed by atoms with Gasteiger partial charge in [0.05, 0.1) is 4.90 Å². The SMILES string of the molecule is CC1CN(C(=O)CCNS(=O)(=O)c2ccc3c(c2)CCCC3)CCN1.Cl. The van der Waals surface area contributed by atoms with Gasteiger partial charge in [-0.05, 0) is 55.9 Å². The number of benzene rings is 1. The van der Waals surface area contributed by atoms with E-state index < -0.39 is 10.0 Å². The van der Waals surface area contributed by atoms with E-state index in [1.54, 1.807) is 17.0 Å². The summed E-state index contributed by atoms with van der Waals surface area (Å²) in [6, 6.07) is 5.67. The molecular weight excluding hydrogens is 374 g/mol. The Morgan fingerprint density at radius 1 is 1.27 bits per heavy atom. The molecule has 146 valence electrons. The topological polar surface area (TPSA) is 78.5 Å². The number of hydrogen-bond acceptors (Lipinski definition) is 4. The van der Waals surface area contributed by atoms with Crippen molar-refractivity contribution in [3.63, 3.8) is 0 Å². The van der Waals surface area contributed by atoms with Crippen LogP contribution in [0.1, 0.15) is 37.3 Å². The largest absolute Gasteiger partial charge is 0.340 e. The second kappa shape index (κ2) is 9.17. The third-order valence-corrected chi connectivity index (χ3v) is 6.44. The first-order valence-corrected chi connectivity index (χ1v) is 10.6. The zero-order valence-corrected chi connectivity index (χ0v) is 16.8. The first-order chi connectivity index (χ1) is 12.0. The second-order valence-corrected chi connectivity index (χ2v) is 8.75. The van der Waals surface area contributed by atoms with Crippen LogP contribution < -0.4 is 10.0 Å². The number of carbonyl (C=O) groups excluding carboxylic acids is 1. The fourth-order valence-corrected chi connectivity index (χ4v) is 4.65. The number of amides is 1. The molecule has 1 aromatic rings. The molecule has 0 bridgehead atoms. The molecular formula is C18H28ClN3O3S. The van der Waals surface area contributed by atoms with E-state index in [0.717, 1.165) is 31.4 Å². The maximum absolute atomic E-state index is 12.5. The summed E-state index contributed by atoms with van der Waals surface area (Å²) >= 11 is 0. The number of nitrogens with zero attached hydrogens (tertiary/aromatic N) is 1. The summed E-state index contributed by atoms with van der Waals surface area (Å²) in [5, 5.41) is 3.29. The molecule has 0 radical (unpaired) electrons. The minimum absolute atomic E-state index is 0.